The van der Waals surface area contributed by atoms with Gasteiger partial charge < -0.3 is 10.1 Å². The number of ether oxygens (including phenoxy) is 1. The Morgan fingerprint density at radius 3 is 2.65 bits per heavy atom. The molecule has 2 aromatic carbocycles. The molecule has 0 fully saturated rings. The molecule has 23 heavy (non-hydrogen) atoms. The molecule has 0 aliphatic rings. The zero-order valence-corrected chi connectivity index (χ0v) is 12.6. The fraction of sp³-hybridized carbons (Fsp3) is 0.125. The molecule has 116 valence electrons. The highest BCUT2D eigenvalue weighted by Gasteiger charge is 2.04. The van der Waals surface area contributed by atoms with Gasteiger partial charge in [-0.25, -0.2) is 0 Å². The Morgan fingerprint density at radius 2 is 1.91 bits per heavy atom. The molecule has 0 bridgehead atoms. The zero-order valence-electron chi connectivity index (χ0n) is 12.6. The molecule has 0 radical (unpaired) electrons. The Kier molecular flexibility index (Phi) is 4.58. The second-order valence-electron chi connectivity index (χ2n) is 4.63. The lowest BCUT2D eigenvalue weighted by Crippen LogP contribution is -2.01. The van der Waals surface area contributed by atoms with Gasteiger partial charge in [-0.1, -0.05) is 28.1 Å². The summed E-state index contributed by atoms with van der Waals surface area (Å²) in [5.41, 5.74) is 1.81. The maximum atomic E-state index is 5.40. The normalized spacial score (nSPS) is 10.8. The number of para-hydroxylation sites is 1. The smallest absolute Gasteiger partial charge is 0.269 e. The first-order chi connectivity index (χ1) is 11.3. The van der Waals surface area contributed by atoms with Gasteiger partial charge in [0.1, 0.15) is 5.75 Å². The first-order valence-corrected chi connectivity index (χ1v) is 7.23. The fourth-order valence-electron chi connectivity index (χ4n) is 1.92. The molecule has 0 saturated carbocycles. The third-order valence-corrected chi connectivity index (χ3v) is 2.99. The molecule has 0 spiro atoms. The molecule has 0 saturated heterocycles. The van der Waals surface area contributed by atoms with Crippen LogP contribution in [0.2, 0.25) is 0 Å². The van der Waals surface area contributed by atoms with Crippen LogP contribution in [-0.4, -0.2) is 33.1 Å². The van der Waals surface area contributed by atoms with Gasteiger partial charge in [-0.3, -0.25) is 0 Å². The summed E-state index contributed by atoms with van der Waals surface area (Å²) in [4.78, 5) is 1.34. The van der Waals surface area contributed by atoms with Gasteiger partial charge in [-0.05, 0) is 59.3 Å². The summed E-state index contributed by atoms with van der Waals surface area (Å²) in [6, 6.07) is 17.3. The number of nitrogens with zero attached hydrogens (tertiary/aromatic N) is 5. The van der Waals surface area contributed by atoms with Crippen molar-refractivity contribution >= 4 is 17.9 Å². The largest absolute Gasteiger partial charge is 0.494 e. The summed E-state index contributed by atoms with van der Waals surface area (Å²) in [5, 5.41) is 18.8. The lowest BCUT2D eigenvalue weighted by atomic mass is 10.2. The van der Waals surface area contributed by atoms with Crippen molar-refractivity contribution in [2.75, 3.05) is 11.9 Å². The summed E-state index contributed by atoms with van der Waals surface area (Å²) in [7, 11) is 0. The van der Waals surface area contributed by atoms with Crippen molar-refractivity contribution in [3.05, 3.63) is 60.2 Å². The molecule has 0 aliphatic heterocycles. The van der Waals surface area contributed by atoms with Gasteiger partial charge in [-0.15, -0.1) is 0 Å². The van der Waals surface area contributed by atoms with E-state index in [9.17, 15) is 0 Å². The van der Waals surface area contributed by atoms with Crippen molar-refractivity contribution in [1.82, 2.24) is 20.3 Å². The topological polar surface area (TPSA) is 77.2 Å². The first kappa shape index (κ1) is 14.7. The third-order valence-electron chi connectivity index (χ3n) is 2.99. The minimum atomic E-state index is 0.443. The van der Waals surface area contributed by atoms with Crippen LogP contribution >= 0.6 is 0 Å². The quantitative estimate of drug-likeness (QED) is 0.708. The predicted octanol–water partition coefficient (Wildman–Crippen LogP) is 2.70. The number of aromatic nitrogens is 4. The maximum Gasteiger partial charge on any atom is 0.269 e. The van der Waals surface area contributed by atoms with Crippen LogP contribution < -0.4 is 10.1 Å². The lowest BCUT2D eigenvalue weighted by molar-refractivity contribution is 0.340. The third kappa shape index (κ3) is 3.91. The van der Waals surface area contributed by atoms with Crippen LogP contribution in [0, 0.1) is 0 Å². The van der Waals surface area contributed by atoms with Crippen LogP contribution in [0.3, 0.4) is 0 Å². The Labute approximate surface area is 133 Å². The van der Waals surface area contributed by atoms with Crippen molar-refractivity contribution < 1.29 is 4.74 Å². The summed E-state index contributed by atoms with van der Waals surface area (Å²) in [6.45, 7) is 2.60. The van der Waals surface area contributed by atoms with E-state index in [0.717, 1.165) is 17.0 Å². The monoisotopic (exact) mass is 308 g/mol. The van der Waals surface area contributed by atoms with Gasteiger partial charge in [0.15, 0.2) is 0 Å². The summed E-state index contributed by atoms with van der Waals surface area (Å²) >= 11 is 0. The van der Waals surface area contributed by atoms with Crippen molar-refractivity contribution in [2.24, 2.45) is 5.10 Å². The van der Waals surface area contributed by atoms with Gasteiger partial charge in [0.05, 0.1) is 12.8 Å². The molecule has 0 atom stereocenters. The van der Waals surface area contributed by atoms with E-state index in [4.69, 9.17) is 4.74 Å². The molecule has 1 aromatic heterocycles. The highest BCUT2D eigenvalue weighted by molar-refractivity contribution is 5.79. The van der Waals surface area contributed by atoms with Crippen molar-refractivity contribution in [1.29, 1.82) is 0 Å². The number of hydrogen-bond acceptors (Lipinski definition) is 6. The van der Waals surface area contributed by atoms with Gasteiger partial charge in [0.25, 0.3) is 5.95 Å². The molecule has 7 nitrogen and oxygen atoms in total. The highest BCUT2D eigenvalue weighted by atomic mass is 16.5. The second-order valence-corrected chi connectivity index (χ2v) is 4.63. The molecule has 3 aromatic rings. The maximum absolute atomic E-state index is 5.40. The molecule has 0 unspecified atom stereocenters. The number of rotatable bonds is 6. The van der Waals surface area contributed by atoms with Crippen LogP contribution in [0.1, 0.15) is 12.5 Å². The Bertz CT molecular complexity index is 767. The SMILES string of the molecule is CCOc1ccc(C=Nn2nnnc2Nc2ccccc2)cc1. The first-order valence-electron chi connectivity index (χ1n) is 7.23. The molecule has 7 heteroatoms. The predicted molar refractivity (Wildman–Crippen MR) is 88.1 cm³/mol. The van der Waals surface area contributed by atoms with E-state index in [1.807, 2.05) is 61.5 Å². The van der Waals surface area contributed by atoms with E-state index in [1.54, 1.807) is 6.21 Å². The number of benzene rings is 2. The number of tetrazole rings is 1. The van der Waals surface area contributed by atoms with Crippen LogP contribution in [0.25, 0.3) is 0 Å². The minimum absolute atomic E-state index is 0.443. The zero-order chi connectivity index (χ0) is 15.9. The van der Waals surface area contributed by atoms with Gasteiger partial charge in [-0.2, -0.15) is 5.10 Å². The summed E-state index contributed by atoms with van der Waals surface area (Å²) in [5.74, 6) is 1.27. The van der Waals surface area contributed by atoms with E-state index < -0.39 is 0 Å². The van der Waals surface area contributed by atoms with Gasteiger partial charge >= 0.3 is 0 Å². The van der Waals surface area contributed by atoms with Crippen LogP contribution in [0.4, 0.5) is 11.6 Å². The van der Waals surface area contributed by atoms with Crippen LogP contribution in [0.15, 0.2) is 59.7 Å². The lowest BCUT2D eigenvalue weighted by Gasteiger charge is -2.03. The average Bonchev–Trinajstić information content (AvgIpc) is 3.03. The van der Waals surface area contributed by atoms with Gasteiger partial charge in [0.2, 0.25) is 0 Å². The van der Waals surface area contributed by atoms with E-state index in [-0.39, 0.29) is 0 Å². The Hall–Kier alpha value is -3.22. The number of hydrogen-bond donors (Lipinski definition) is 1. The summed E-state index contributed by atoms with van der Waals surface area (Å²) < 4.78 is 5.40. The fourth-order valence-corrected chi connectivity index (χ4v) is 1.92. The van der Waals surface area contributed by atoms with Crippen LogP contribution in [0.5, 0.6) is 5.75 Å². The second kappa shape index (κ2) is 7.17. The summed E-state index contributed by atoms with van der Waals surface area (Å²) in [6.07, 6.45) is 1.68. The molecule has 3 rings (SSSR count). The minimum Gasteiger partial charge on any atom is -0.494 e. The molecule has 0 aliphatic carbocycles. The van der Waals surface area contributed by atoms with Gasteiger partial charge in [0, 0.05) is 5.69 Å². The van der Waals surface area contributed by atoms with Crippen molar-refractivity contribution in [2.45, 2.75) is 6.92 Å². The number of anilines is 2. The molecule has 0 amide bonds. The standard InChI is InChI=1S/C16H16N6O/c1-2-23-15-10-8-13(9-11-15)12-17-22-16(19-20-21-22)18-14-6-4-3-5-7-14/h3-12H,2H2,1H3,(H,18,19,21). The Morgan fingerprint density at radius 1 is 1.13 bits per heavy atom. The van der Waals surface area contributed by atoms with E-state index in [2.05, 4.69) is 25.9 Å². The molecule has 1 N–H and O–H groups in total. The highest BCUT2D eigenvalue weighted by Crippen LogP contribution is 2.13. The van der Waals surface area contributed by atoms with Crippen LogP contribution in [-0.2, 0) is 0 Å². The van der Waals surface area contributed by atoms with Crippen molar-refractivity contribution in [3.8, 4) is 5.75 Å². The average molecular weight is 308 g/mol. The van der Waals surface area contributed by atoms with E-state index >= 15 is 0 Å². The van der Waals surface area contributed by atoms with Crippen molar-refractivity contribution in [3.63, 3.8) is 0 Å². The van der Waals surface area contributed by atoms with E-state index in [1.165, 1.54) is 4.79 Å². The molecular weight excluding hydrogens is 292 g/mol. The molecule has 1 heterocycles. The Balaban J connectivity index is 1.72. The molecular formula is C16H16N6O. The number of nitrogens with one attached hydrogen (secondary N) is 1. The van der Waals surface area contributed by atoms with E-state index in [0.29, 0.717) is 12.6 Å².